The second kappa shape index (κ2) is 38.9. The van der Waals surface area contributed by atoms with Gasteiger partial charge in [0.2, 0.25) is 0 Å². The summed E-state index contributed by atoms with van der Waals surface area (Å²) in [6.45, 7) is 0. The zero-order valence-corrected chi connectivity index (χ0v) is 42.5. The van der Waals surface area contributed by atoms with E-state index in [1.807, 2.05) is 18.2 Å². The molecular formula is C53H45N6O10P2Sm. The molecule has 0 aliphatic heterocycles. The van der Waals surface area contributed by atoms with Crippen LogP contribution in [0.15, 0.2) is 300 Å². The topological polar surface area (TPSA) is 275 Å². The molecule has 0 fully saturated rings. The average molecular weight is 1140 g/mol. The Morgan fingerprint density at radius 3 is 0.431 bits per heavy atom. The van der Waals surface area contributed by atoms with E-state index in [9.17, 15) is 0 Å². The van der Waals surface area contributed by atoms with Crippen molar-refractivity contribution in [2.24, 2.45) is 26.7 Å². The number of benzene rings is 8. The van der Waals surface area contributed by atoms with Crippen LogP contribution in [0, 0.1) is 91.0 Å². The van der Waals surface area contributed by atoms with Gasteiger partial charge in [0.05, 0.1) is 0 Å². The van der Waals surface area contributed by atoms with E-state index >= 15 is 0 Å². The molecule has 72 heavy (non-hydrogen) atoms. The molecule has 9 aromatic rings. The molecule has 8 aromatic carbocycles. The Balaban J connectivity index is 0.000000514. The molecule has 0 N–H and O–H groups in total. The maximum Gasteiger partial charge on any atom is 3.00 e. The number of hydrogen-bond donors (Lipinski definition) is 0. The van der Waals surface area contributed by atoms with Crippen molar-refractivity contribution in [2.45, 2.75) is 0 Å². The minimum Gasteiger partial charge on any atom is -0.444 e. The van der Waals surface area contributed by atoms with Crippen LogP contribution in [0.5, 0.6) is 0 Å². The summed E-state index contributed by atoms with van der Waals surface area (Å²) in [7, 11) is -3.81. The van der Waals surface area contributed by atoms with Crippen LogP contribution in [0.4, 0.5) is 0 Å². The molecule has 0 aliphatic rings. The van der Waals surface area contributed by atoms with Gasteiger partial charge in [0.1, 0.15) is 57.0 Å². The first-order valence-corrected chi connectivity index (χ1v) is 24.3. The van der Waals surface area contributed by atoms with Crippen LogP contribution < -0.4 is 42.4 Å². The van der Waals surface area contributed by atoms with E-state index in [1.54, 1.807) is 12.4 Å². The van der Waals surface area contributed by atoms with Crippen molar-refractivity contribution in [3.63, 3.8) is 0 Å². The molecule has 1 radical (unpaired) electrons. The maximum atomic E-state index is 8.00. The molecule has 0 bridgehead atoms. The van der Waals surface area contributed by atoms with Crippen LogP contribution in [-0.4, -0.2) is 4.98 Å². The van der Waals surface area contributed by atoms with Gasteiger partial charge < -0.3 is 50.6 Å². The fourth-order valence-electron chi connectivity index (χ4n) is 7.31. The SMILES string of the molecule is O=N[O-].O=N[O-].O=N[O-].O=N[O-].O=N[O-].[Sm+3].c1ccc([P+](c2ccccc2)(c2ccccc2)c2ccccc2)cc1.c1ccc([P+](c2ccccc2)(c2ccccc2)c2ccccc2)cc1.c1ccncc1. The van der Waals surface area contributed by atoms with Crippen molar-refractivity contribution >= 4 is 57.0 Å². The van der Waals surface area contributed by atoms with Crippen LogP contribution in [-0.2, 0) is 0 Å². The molecule has 0 atom stereocenters. The number of pyridine rings is 1. The Morgan fingerprint density at radius 2 is 0.347 bits per heavy atom. The molecule has 19 heteroatoms. The summed E-state index contributed by atoms with van der Waals surface area (Å²) < 4.78 is 0. The van der Waals surface area contributed by atoms with Gasteiger partial charge in [-0.3, -0.25) is 4.98 Å². The average Bonchev–Trinajstić information content (AvgIpc) is 3.44. The third-order valence-corrected chi connectivity index (χ3v) is 18.3. The first-order chi connectivity index (χ1) is 34.9. The van der Waals surface area contributed by atoms with Crippen molar-refractivity contribution < 1.29 is 40.4 Å². The van der Waals surface area contributed by atoms with Crippen LogP contribution in [0.25, 0.3) is 0 Å². The van der Waals surface area contributed by atoms with Gasteiger partial charge in [-0.1, -0.05) is 152 Å². The van der Waals surface area contributed by atoms with E-state index in [-0.39, 0.29) is 40.4 Å². The van der Waals surface area contributed by atoms with Crippen molar-refractivity contribution in [3.8, 4) is 0 Å². The standard InChI is InChI=1S/2C24H20P.C5H5N.5HNO2.Sm/c2*1-5-13-21(14-6-1)25(22-15-7-2-8-16-22,23-17-9-3-10-18-23)24-19-11-4-12-20-24;1-2-4-6-5-3-1;5*2-1-3;/h2*1-20H;1-5H;5*(H,2,3);/q2*+1;;;;;;;+3/p-5. The summed E-state index contributed by atoms with van der Waals surface area (Å²) in [4.78, 5) is 43.8. The van der Waals surface area contributed by atoms with Gasteiger partial charge in [-0.05, 0) is 109 Å². The van der Waals surface area contributed by atoms with E-state index < -0.39 is 14.5 Å². The zero-order chi connectivity index (χ0) is 51.7. The Morgan fingerprint density at radius 1 is 0.236 bits per heavy atom. The minimum atomic E-state index is -1.91. The van der Waals surface area contributed by atoms with Crippen LogP contribution in [0.3, 0.4) is 0 Å². The summed E-state index contributed by atoms with van der Waals surface area (Å²) in [5, 5.41) is 56.1. The quantitative estimate of drug-likeness (QED) is 0.0783. The summed E-state index contributed by atoms with van der Waals surface area (Å²) in [5.74, 6) is 0. The van der Waals surface area contributed by atoms with Crippen LogP contribution in [0.1, 0.15) is 0 Å². The maximum absolute atomic E-state index is 8.00. The summed E-state index contributed by atoms with van der Waals surface area (Å²) in [6.07, 6.45) is 3.50. The number of nitrogens with zero attached hydrogens (tertiary/aromatic N) is 6. The third kappa shape index (κ3) is 19.1. The van der Waals surface area contributed by atoms with Crippen LogP contribution in [0.2, 0.25) is 0 Å². The Hall–Kier alpha value is -7.89. The molecule has 1 aromatic heterocycles. The minimum absolute atomic E-state index is 0. The molecule has 0 saturated heterocycles. The second-order valence-electron chi connectivity index (χ2n) is 13.4. The van der Waals surface area contributed by atoms with Gasteiger partial charge in [-0.15, -0.1) is 26.7 Å². The van der Waals surface area contributed by atoms with E-state index in [4.69, 9.17) is 50.6 Å². The summed E-state index contributed by atoms with van der Waals surface area (Å²) >= 11 is 0. The zero-order valence-electron chi connectivity index (χ0n) is 38.0. The number of hydrogen-bond acceptors (Lipinski definition) is 16. The number of aromatic nitrogens is 1. The Labute approximate surface area is 449 Å². The van der Waals surface area contributed by atoms with Gasteiger partial charge in [-0.25, -0.2) is 0 Å². The molecule has 0 saturated carbocycles. The van der Waals surface area contributed by atoms with Crippen molar-refractivity contribution in [1.29, 1.82) is 0 Å². The van der Waals surface area contributed by atoms with Crippen molar-refractivity contribution in [3.05, 3.63) is 324 Å². The predicted octanol–water partition coefficient (Wildman–Crippen LogP) is 10.9. The van der Waals surface area contributed by atoms with E-state index in [1.165, 1.54) is 42.4 Å². The molecule has 16 nitrogen and oxygen atoms in total. The summed E-state index contributed by atoms with van der Waals surface area (Å²) in [5.41, 5.74) is 0. The van der Waals surface area contributed by atoms with Crippen molar-refractivity contribution in [2.75, 3.05) is 0 Å². The first kappa shape index (κ1) is 62.1. The largest absolute Gasteiger partial charge is 3.00 e. The summed E-state index contributed by atoms with van der Waals surface area (Å²) in [6, 6.07) is 93.4. The van der Waals surface area contributed by atoms with Gasteiger partial charge in [0.25, 0.3) is 0 Å². The Bertz CT molecular complexity index is 2200. The van der Waals surface area contributed by atoms with E-state index in [0.29, 0.717) is 0 Å². The van der Waals surface area contributed by atoms with Crippen LogP contribution >= 0.6 is 14.5 Å². The van der Waals surface area contributed by atoms with Gasteiger partial charge >= 0.3 is 40.4 Å². The molecular weight excluding hydrogens is 1090 g/mol. The second-order valence-corrected chi connectivity index (χ2v) is 20.2. The molecule has 0 spiro atoms. The van der Waals surface area contributed by atoms with E-state index in [2.05, 4.69) is 248 Å². The monoisotopic (exact) mass is 1140 g/mol. The number of rotatable bonds is 8. The smallest absolute Gasteiger partial charge is 0.444 e. The van der Waals surface area contributed by atoms with Crippen molar-refractivity contribution in [1.82, 2.24) is 4.98 Å². The molecule has 0 amide bonds. The third-order valence-electron chi connectivity index (χ3n) is 9.71. The molecule has 0 aliphatic carbocycles. The predicted molar refractivity (Wildman–Crippen MR) is 292 cm³/mol. The fourth-order valence-corrected chi connectivity index (χ4v) is 15.8. The molecule has 9 rings (SSSR count). The molecule has 0 unspecified atom stereocenters. The Kier molecular flexibility index (Phi) is 33.6. The van der Waals surface area contributed by atoms with Gasteiger partial charge in [0, 0.05) is 12.4 Å². The fraction of sp³-hybridized carbons (Fsp3) is 0. The van der Waals surface area contributed by atoms with Gasteiger partial charge in [-0.2, -0.15) is 0 Å². The van der Waals surface area contributed by atoms with Gasteiger partial charge in [0.15, 0.2) is 0 Å². The molecule has 1 heterocycles. The first-order valence-electron chi connectivity index (χ1n) is 20.7. The molecule has 363 valence electrons. The van der Waals surface area contributed by atoms with E-state index in [0.717, 1.165) is 26.7 Å². The normalized spacial score (nSPS) is 9.28.